The molecular weight excluding hydrogens is 286 g/mol. The lowest BCUT2D eigenvalue weighted by Gasteiger charge is -2.11. The maximum Gasteiger partial charge on any atom is 0.232 e. The second-order valence-electron chi connectivity index (χ2n) is 5.04. The minimum atomic E-state index is 0.320. The number of nitriles is 1. The number of ether oxygens (including phenoxy) is 1. The molecule has 4 nitrogen and oxygen atoms in total. The van der Waals surface area contributed by atoms with E-state index < -0.39 is 0 Å². The molecule has 0 unspecified atom stereocenters. The largest absolute Gasteiger partial charge is 0.480 e. The topological polar surface area (TPSA) is 71.9 Å². The monoisotopic (exact) mass is 301 g/mol. The molecule has 0 fully saturated rings. The molecule has 0 aliphatic carbocycles. The third-order valence-electron chi connectivity index (χ3n) is 3.58. The van der Waals surface area contributed by atoms with Gasteiger partial charge in [0.1, 0.15) is 11.6 Å². The zero-order valence-electron chi connectivity index (χ0n) is 12.7. The summed E-state index contributed by atoms with van der Waals surface area (Å²) in [5.74, 6) is 0.320. The summed E-state index contributed by atoms with van der Waals surface area (Å²) in [6.07, 6.45) is 0. The van der Waals surface area contributed by atoms with E-state index in [0.717, 1.165) is 22.4 Å². The molecule has 0 spiro atoms. The van der Waals surface area contributed by atoms with Crippen LogP contribution in [0.15, 0.2) is 60.7 Å². The molecule has 0 amide bonds. The third-order valence-corrected chi connectivity index (χ3v) is 3.58. The van der Waals surface area contributed by atoms with E-state index in [-0.39, 0.29) is 0 Å². The first kappa shape index (κ1) is 14.6. The van der Waals surface area contributed by atoms with Crippen molar-refractivity contribution in [2.75, 3.05) is 12.8 Å². The van der Waals surface area contributed by atoms with Crippen molar-refractivity contribution in [3.8, 4) is 34.3 Å². The molecule has 23 heavy (non-hydrogen) atoms. The molecule has 2 N–H and O–H groups in total. The van der Waals surface area contributed by atoms with Crippen LogP contribution in [-0.2, 0) is 0 Å². The highest BCUT2D eigenvalue weighted by Gasteiger charge is 2.15. The minimum absolute atomic E-state index is 0.320. The van der Waals surface area contributed by atoms with Crippen LogP contribution in [-0.4, -0.2) is 12.1 Å². The normalized spacial score (nSPS) is 10.1. The first-order valence-electron chi connectivity index (χ1n) is 7.13. The predicted octanol–water partition coefficient (Wildman–Crippen LogP) is 3.88. The summed E-state index contributed by atoms with van der Waals surface area (Å²) in [4.78, 5) is 4.47. The van der Waals surface area contributed by atoms with Gasteiger partial charge >= 0.3 is 0 Å². The summed E-state index contributed by atoms with van der Waals surface area (Å²) < 4.78 is 5.33. The first-order valence-corrected chi connectivity index (χ1v) is 7.13. The molecule has 0 bridgehead atoms. The molecule has 112 valence electrons. The van der Waals surface area contributed by atoms with Crippen molar-refractivity contribution in [2.24, 2.45) is 0 Å². The third kappa shape index (κ3) is 2.85. The lowest BCUT2D eigenvalue weighted by molar-refractivity contribution is 0.397. The summed E-state index contributed by atoms with van der Waals surface area (Å²) in [7, 11) is 1.52. The van der Waals surface area contributed by atoms with Gasteiger partial charge in [-0.1, -0.05) is 42.5 Å². The van der Waals surface area contributed by atoms with E-state index in [1.165, 1.54) is 7.11 Å². The van der Waals surface area contributed by atoms with E-state index in [1.807, 2.05) is 60.7 Å². The van der Waals surface area contributed by atoms with E-state index in [0.29, 0.717) is 17.1 Å². The van der Waals surface area contributed by atoms with Gasteiger partial charge in [-0.2, -0.15) is 5.26 Å². The summed E-state index contributed by atoms with van der Waals surface area (Å²) in [6, 6.07) is 21.3. The molecule has 0 saturated heterocycles. The zero-order valence-corrected chi connectivity index (χ0v) is 12.7. The summed E-state index contributed by atoms with van der Waals surface area (Å²) in [5.41, 5.74) is 10.2. The number of rotatable bonds is 3. The molecule has 0 aliphatic heterocycles. The molecule has 0 radical (unpaired) electrons. The minimum Gasteiger partial charge on any atom is -0.480 e. The summed E-state index contributed by atoms with van der Waals surface area (Å²) in [6.45, 7) is 0. The van der Waals surface area contributed by atoms with Crippen molar-refractivity contribution < 1.29 is 4.74 Å². The Morgan fingerprint density at radius 3 is 2.30 bits per heavy atom. The van der Waals surface area contributed by atoms with Gasteiger partial charge in [-0.15, -0.1) is 0 Å². The maximum atomic E-state index is 9.51. The molecule has 4 heteroatoms. The van der Waals surface area contributed by atoms with Gasteiger partial charge in [-0.25, -0.2) is 4.98 Å². The molecule has 3 rings (SSSR count). The van der Waals surface area contributed by atoms with Gasteiger partial charge in [0.2, 0.25) is 5.88 Å². The number of nitrogen functional groups attached to an aromatic ring is 1. The molecule has 1 heterocycles. The van der Waals surface area contributed by atoms with Crippen molar-refractivity contribution >= 4 is 5.69 Å². The Hall–Kier alpha value is -3.32. The number of anilines is 1. The van der Waals surface area contributed by atoms with Gasteiger partial charge in [0, 0.05) is 16.8 Å². The standard InChI is InChI=1S/C19H15N3O/c1-23-19-17(12-20)16(13-7-9-15(21)10-8-13)11-18(22-19)14-5-3-2-4-6-14/h2-11H,21H2,1H3. The van der Waals surface area contributed by atoms with Crippen molar-refractivity contribution in [3.05, 3.63) is 66.2 Å². The Labute approximate surface area is 134 Å². The number of aromatic nitrogens is 1. The Kier molecular flexibility index (Phi) is 3.94. The average molecular weight is 301 g/mol. The molecule has 2 aromatic carbocycles. The van der Waals surface area contributed by atoms with Gasteiger partial charge in [0.25, 0.3) is 0 Å². The Bertz CT molecular complexity index is 866. The number of nitrogens with zero attached hydrogens (tertiary/aromatic N) is 2. The zero-order chi connectivity index (χ0) is 16.2. The van der Waals surface area contributed by atoms with Gasteiger partial charge in [-0.05, 0) is 23.8 Å². The number of pyridine rings is 1. The first-order chi connectivity index (χ1) is 11.2. The molecule has 3 aromatic rings. The average Bonchev–Trinajstić information content (AvgIpc) is 2.62. The molecular formula is C19H15N3O. The Balaban J connectivity index is 2.25. The second-order valence-corrected chi connectivity index (χ2v) is 5.04. The number of hydrogen-bond donors (Lipinski definition) is 1. The van der Waals surface area contributed by atoms with Crippen molar-refractivity contribution in [1.82, 2.24) is 4.98 Å². The molecule has 0 aliphatic rings. The van der Waals surface area contributed by atoms with E-state index in [9.17, 15) is 5.26 Å². The fourth-order valence-corrected chi connectivity index (χ4v) is 2.42. The van der Waals surface area contributed by atoms with Gasteiger partial charge in [0.05, 0.1) is 12.8 Å². The number of benzene rings is 2. The van der Waals surface area contributed by atoms with Crippen LogP contribution in [0.25, 0.3) is 22.4 Å². The summed E-state index contributed by atoms with van der Waals surface area (Å²) >= 11 is 0. The lowest BCUT2D eigenvalue weighted by Crippen LogP contribution is -1.98. The number of hydrogen-bond acceptors (Lipinski definition) is 4. The van der Waals surface area contributed by atoms with Gasteiger partial charge in [-0.3, -0.25) is 0 Å². The van der Waals surface area contributed by atoms with Crippen LogP contribution in [0.2, 0.25) is 0 Å². The fraction of sp³-hybridized carbons (Fsp3) is 0.0526. The van der Waals surface area contributed by atoms with Crippen LogP contribution in [0, 0.1) is 11.3 Å². The van der Waals surface area contributed by atoms with Gasteiger partial charge in [0.15, 0.2) is 0 Å². The highest BCUT2D eigenvalue weighted by atomic mass is 16.5. The van der Waals surface area contributed by atoms with Crippen LogP contribution in [0.5, 0.6) is 5.88 Å². The van der Waals surface area contributed by atoms with Crippen molar-refractivity contribution in [2.45, 2.75) is 0 Å². The molecule has 1 aromatic heterocycles. The molecule has 0 atom stereocenters. The van der Waals surface area contributed by atoms with Crippen molar-refractivity contribution in [3.63, 3.8) is 0 Å². The lowest BCUT2D eigenvalue weighted by atomic mass is 9.98. The maximum absolute atomic E-state index is 9.51. The van der Waals surface area contributed by atoms with E-state index >= 15 is 0 Å². The SMILES string of the molecule is COc1nc(-c2ccccc2)cc(-c2ccc(N)cc2)c1C#N. The smallest absolute Gasteiger partial charge is 0.232 e. The van der Waals surface area contributed by atoms with Crippen molar-refractivity contribution in [1.29, 1.82) is 5.26 Å². The highest BCUT2D eigenvalue weighted by Crippen LogP contribution is 2.33. The van der Waals surface area contributed by atoms with Crippen LogP contribution in [0.4, 0.5) is 5.69 Å². The highest BCUT2D eigenvalue weighted by molar-refractivity contribution is 5.78. The van der Waals surface area contributed by atoms with Crippen LogP contribution in [0.1, 0.15) is 5.56 Å². The Morgan fingerprint density at radius 1 is 1.00 bits per heavy atom. The number of nitrogens with two attached hydrogens (primary N) is 1. The summed E-state index contributed by atoms with van der Waals surface area (Å²) in [5, 5.41) is 9.51. The van der Waals surface area contributed by atoms with E-state index in [2.05, 4.69) is 11.1 Å². The Morgan fingerprint density at radius 2 is 1.70 bits per heavy atom. The van der Waals surface area contributed by atoms with Gasteiger partial charge < -0.3 is 10.5 Å². The second kappa shape index (κ2) is 6.20. The van der Waals surface area contributed by atoms with E-state index in [1.54, 1.807) is 0 Å². The predicted molar refractivity (Wildman–Crippen MR) is 90.8 cm³/mol. The fourth-order valence-electron chi connectivity index (χ4n) is 2.42. The van der Waals surface area contributed by atoms with Crippen LogP contribution >= 0.6 is 0 Å². The molecule has 0 saturated carbocycles. The number of methoxy groups -OCH3 is 1. The van der Waals surface area contributed by atoms with Crippen LogP contribution < -0.4 is 10.5 Å². The van der Waals surface area contributed by atoms with E-state index in [4.69, 9.17) is 10.5 Å². The van der Waals surface area contributed by atoms with Crippen LogP contribution in [0.3, 0.4) is 0 Å². The quantitative estimate of drug-likeness (QED) is 0.745.